The molecule has 2 rings (SSSR count). The monoisotopic (exact) mass is 255 g/mol. The highest BCUT2D eigenvalue weighted by Crippen LogP contribution is 2.22. The molecule has 0 aliphatic heterocycles. The lowest BCUT2D eigenvalue weighted by Gasteiger charge is -2.04. The third-order valence-electron chi connectivity index (χ3n) is 2.10. The molecule has 0 aliphatic carbocycles. The predicted molar refractivity (Wildman–Crippen MR) is 65.3 cm³/mol. The largest absolute Gasteiger partial charge is 0.324 e. The number of thioether (sulfide) groups is 1. The van der Waals surface area contributed by atoms with Gasteiger partial charge in [0.25, 0.3) is 0 Å². The van der Waals surface area contributed by atoms with E-state index in [2.05, 4.69) is 22.1 Å². The molecule has 0 spiro atoms. The Kier molecular flexibility index (Phi) is 3.92. The van der Waals surface area contributed by atoms with Gasteiger partial charge in [-0.1, -0.05) is 11.8 Å². The molecule has 2 aromatic heterocycles. The standard InChI is InChI=1S/C9H13N5S2/c1-2-14-7(5-10)12-13-9(14)16-6-8-11-3-4-15-8/h3-4H,2,5-6,10H2,1H3. The van der Waals surface area contributed by atoms with Gasteiger partial charge in [0.1, 0.15) is 10.8 Å². The average molecular weight is 255 g/mol. The Labute approximate surface area is 102 Å². The fraction of sp³-hybridized carbons (Fsp3) is 0.444. The van der Waals surface area contributed by atoms with Crippen LogP contribution < -0.4 is 5.73 Å². The summed E-state index contributed by atoms with van der Waals surface area (Å²) in [6, 6.07) is 0. The number of hydrogen-bond acceptors (Lipinski definition) is 6. The van der Waals surface area contributed by atoms with Gasteiger partial charge in [-0.05, 0) is 6.92 Å². The molecule has 2 N–H and O–H groups in total. The molecule has 0 aliphatic rings. The van der Waals surface area contributed by atoms with Gasteiger partial charge in [0, 0.05) is 18.1 Å². The lowest BCUT2D eigenvalue weighted by atomic mass is 10.6. The summed E-state index contributed by atoms with van der Waals surface area (Å²) in [5.74, 6) is 1.67. The van der Waals surface area contributed by atoms with E-state index in [-0.39, 0.29) is 0 Å². The minimum absolute atomic E-state index is 0.429. The Morgan fingerprint density at radius 3 is 3.00 bits per heavy atom. The highest BCUT2D eigenvalue weighted by atomic mass is 32.2. The van der Waals surface area contributed by atoms with Crippen LogP contribution in [0.15, 0.2) is 16.7 Å². The summed E-state index contributed by atoms with van der Waals surface area (Å²) in [6.45, 7) is 3.34. The van der Waals surface area contributed by atoms with Gasteiger partial charge < -0.3 is 10.3 Å². The van der Waals surface area contributed by atoms with E-state index >= 15 is 0 Å². The molecule has 0 radical (unpaired) electrons. The number of nitrogens with zero attached hydrogens (tertiary/aromatic N) is 4. The molecule has 0 amide bonds. The Morgan fingerprint density at radius 1 is 1.50 bits per heavy atom. The predicted octanol–water partition coefficient (Wildman–Crippen LogP) is 1.51. The summed E-state index contributed by atoms with van der Waals surface area (Å²) in [4.78, 5) is 4.23. The molecule has 0 aromatic carbocycles. The molecular formula is C9H13N5S2. The second kappa shape index (κ2) is 5.42. The SMILES string of the molecule is CCn1c(CN)nnc1SCc1nccs1. The van der Waals surface area contributed by atoms with E-state index in [1.165, 1.54) is 0 Å². The summed E-state index contributed by atoms with van der Waals surface area (Å²) in [7, 11) is 0. The van der Waals surface area contributed by atoms with Crippen molar-refractivity contribution < 1.29 is 0 Å². The quantitative estimate of drug-likeness (QED) is 0.820. The van der Waals surface area contributed by atoms with Gasteiger partial charge in [-0.2, -0.15) is 0 Å². The normalized spacial score (nSPS) is 10.9. The molecule has 0 unspecified atom stereocenters. The highest BCUT2D eigenvalue weighted by Gasteiger charge is 2.10. The fourth-order valence-electron chi connectivity index (χ4n) is 1.34. The zero-order chi connectivity index (χ0) is 11.4. The lowest BCUT2D eigenvalue weighted by molar-refractivity contribution is 0.643. The smallest absolute Gasteiger partial charge is 0.191 e. The maximum absolute atomic E-state index is 5.59. The van der Waals surface area contributed by atoms with Crippen LogP contribution in [0.3, 0.4) is 0 Å². The van der Waals surface area contributed by atoms with Crippen LogP contribution in [0.1, 0.15) is 17.8 Å². The Bertz CT molecular complexity index is 437. The zero-order valence-electron chi connectivity index (χ0n) is 8.96. The Hall–Kier alpha value is -0.920. The molecule has 16 heavy (non-hydrogen) atoms. The van der Waals surface area contributed by atoms with Crippen LogP contribution in [-0.4, -0.2) is 19.7 Å². The number of rotatable bonds is 5. The van der Waals surface area contributed by atoms with E-state index in [0.717, 1.165) is 28.3 Å². The third kappa shape index (κ3) is 2.42. The maximum atomic E-state index is 5.59. The van der Waals surface area contributed by atoms with Gasteiger partial charge in [-0.15, -0.1) is 21.5 Å². The van der Waals surface area contributed by atoms with Crippen LogP contribution in [0.25, 0.3) is 0 Å². The van der Waals surface area contributed by atoms with E-state index in [1.54, 1.807) is 23.1 Å². The van der Waals surface area contributed by atoms with Crippen molar-refractivity contribution in [3.8, 4) is 0 Å². The highest BCUT2D eigenvalue weighted by molar-refractivity contribution is 7.98. The van der Waals surface area contributed by atoms with Crippen LogP contribution in [0.4, 0.5) is 0 Å². The van der Waals surface area contributed by atoms with Crippen LogP contribution in [0.2, 0.25) is 0 Å². The van der Waals surface area contributed by atoms with Gasteiger partial charge >= 0.3 is 0 Å². The van der Waals surface area contributed by atoms with Gasteiger partial charge in [0.05, 0.1) is 12.3 Å². The lowest BCUT2D eigenvalue weighted by Crippen LogP contribution is -2.08. The minimum Gasteiger partial charge on any atom is -0.324 e. The first-order chi connectivity index (χ1) is 7.85. The van der Waals surface area contributed by atoms with E-state index in [9.17, 15) is 0 Å². The van der Waals surface area contributed by atoms with Crippen molar-refractivity contribution in [1.29, 1.82) is 0 Å². The number of thiazole rings is 1. The molecule has 2 heterocycles. The van der Waals surface area contributed by atoms with Crippen LogP contribution >= 0.6 is 23.1 Å². The third-order valence-corrected chi connectivity index (χ3v) is 4.04. The van der Waals surface area contributed by atoms with Crippen LogP contribution in [-0.2, 0) is 18.8 Å². The second-order valence-corrected chi connectivity index (χ2v) is 4.98. The average Bonchev–Trinajstić information content (AvgIpc) is 2.94. The molecule has 2 aromatic rings. The van der Waals surface area contributed by atoms with Crippen molar-refractivity contribution in [2.75, 3.05) is 0 Å². The Morgan fingerprint density at radius 2 is 2.38 bits per heavy atom. The van der Waals surface area contributed by atoms with Gasteiger partial charge in [-0.25, -0.2) is 4.98 Å². The van der Waals surface area contributed by atoms with Crippen LogP contribution in [0.5, 0.6) is 0 Å². The number of nitrogens with two attached hydrogens (primary N) is 1. The molecule has 5 nitrogen and oxygen atoms in total. The molecule has 0 fully saturated rings. The topological polar surface area (TPSA) is 69.6 Å². The molecule has 7 heteroatoms. The first kappa shape index (κ1) is 11.6. The molecule has 0 saturated carbocycles. The van der Waals surface area contributed by atoms with Crippen molar-refractivity contribution in [3.63, 3.8) is 0 Å². The first-order valence-corrected chi connectivity index (χ1v) is 6.85. The maximum Gasteiger partial charge on any atom is 0.191 e. The summed E-state index contributed by atoms with van der Waals surface area (Å²) in [5, 5.41) is 12.2. The fourth-order valence-corrected chi connectivity index (χ4v) is 3.01. The molecule has 86 valence electrons. The van der Waals surface area contributed by atoms with Crippen LogP contribution in [0, 0.1) is 0 Å². The molecular weight excluding hydrogens is 242 g/mol. The van der Waals surface area contributed by atoms with Crippen molar-refractivity contribution >= 4 is 23.1 Å². The molecule has 0 bridgehead atoms. The summed E-state index contributed by atoms with van der Waals surface area (Å²) < 4.78 is 2.04. The summed E-state index contributed by atoms with van der Waals surface area (Å²) in [6.07, 6.45) is 1.82. The van der Waals surface area contributed by atoms with E-state index in [0.29, 0.717) is 6.54 Å². The first-order valence-electron chi connectivity index (χ1n) is 4.98. The van der Waals surface area contributed by atoms with Gasteiger partial charge in [0.15, 0.2) is 5.16 Å². The van der Waals surface area contributed by atoms with Gasteiger partial charge in [0.2, 0.25) is 0 Å². The zero-order valence-corrected chi connectivity index (χ0v) is 10.6. The van der Waals surface area contributed by atoms with E-state index in [4.69, 9.17) is 5.73 Å². The van der Waals surface area contributed by atoms with E-state index < -0.39 is 0 Å². The van der Waals surface area contributed by atoms with E-state index in [1.807, 2.05) is 16.1 Å². The molecule has 0 atom stereocenters. The number of hydrogen-bond donors (Lipinski definition) is 1. The summed E-state index contributed by atoms with van der Waals surface area (Å²) in [5.41, 5.74) is 5.59. The Balaban J connectivity index is 2.06. The van der Waals surface area contributed by atoms with Crippen molar-refractivity contribution in [2.24, 2.45) is 5.73 Å². The van der Waals surface area contributed by atoms with Gasteiger partial charge in [-0.3, -0.25) is 0 Å². The minimum atomic E-state index is 0.429. The van der Waals surface area contributed by atoms with Crippen molar-refractivity contribution in [2.45, 2.75) is 30.9 Å². The second-order valence-electron chi connectivity index (χ2n) is 3.06. The van der Waals surface area contributed by atoms with Crippen molar-refractivity contribution in [1.82, 2.24) is 19.7 Å². The molecule has 0 saturated heterocycles. The summed E-state index contributed by atoms with van der Waals surface area (Å²) >= 11 is 3.30. The number of aromatic nitrogens is 4. The van der Waals surface area contributed by atoms with Crippen molar-refractivity contribution in [3.05, 3.63) is 22.4 Å².